The number of methoxy groups -OCH3 is 1. The molecule has 0 saturated carbocycles. The molecular weight excluding hydrogens is 283 g/mol. The van der Waals surface area contributed by atoms with E-state index in [-0.39, 0.29) is 0 Å². The van der Waals surface area contributed by atoms with Gasteiger partial charge < -0.3 is 9.47 Å². The highest BCUT2D eigenvalue weighted by atomic mass is 35.5. The molecule has 2 rings (SSSR count). The second kappa shape index (κ2) is 6.69. The highest BCUT2D eigenvalue weighted by molar-refractivity contribution is 6.30. The van der Waals surface area contributed by atoms with E-state index < -0.39 is 0 Å². The molecule has 4 heteroatoms. The fourth-order valence-electron chi connectivity index (χ4n) is 1.73. The lowest BCUT2D eigenvalue weighted by atomic mass is 10.2. The third kappa shape index (κ3) is 3.55. The van der Waals surface area contributed by atoms with Gasteiger partial charge in [0, 0.05) is 10.6 Å². The fourth-order valence-corrected chi connectivity index (χ4v) is 2.06. The zero-order valence-electron chi connectivity index (χ0n) is 10.5. The number of hydrogen-bond acceptors (Lipinski definition) is 2. The molecule has 0 amide bonds. The van der Waals surface area contributed by atoms with E-state index in [0.717, 1.165) is 11.1 Å². The van der Waals surface area contributed by atoms with Crippen molar-refractivity contribution in [2.24, 2.45) is 0 Å². The van der Waals surface area contributed by atoms with Crippen LogP contribution in [0.1, 0.15) is 11.1 Å². The summed E-state index contributed by atoms with van der Waals surface area (Å²) in [5.74, 6) is 1.76. The Morgan fingerprint density at radius 2 is 1.79 bits per heavy atom. The highest BCUT2D eigenvalue weighted by Gasteiger charge is 2.09. The van der Waals surface area contributed by atoms with Crippen LogP contribution in [0.15, 0.2) is 42.5 Å². The fraction of sp³-hybridized carbons (Fsp3) is 0.200. The molecule has 2 nitrogen and oxygen atoms in total. The molecule has 0 aliphatic heterocycles. The lowest BCUT2D eigenvalue weighted by Gasteiger charge is -2.14. The highest BCUT2D eigenvalue weighted by Crippen LogP contribution is 2.32. The summed E-state index contributed by atoms with van der Waals surface area (Å²) in [6, 6.07) is 13.2. The second-order valence-corrected chi connectivity index (χ2v) is 4.70. The second-order valence-electron chi connectivity index (χ2n) is 4.00. The van der Waals surface area contributed by atoms with Crippen molar-refractivity contribution >= 4 is 23.2 Å². The molecule has 0 spiro atoms. The number of rotatable bonds is 5. The van der Waals surface area contributed by atoms with Gasteiger partial charge >= 0.3 is 0 Å². The summed E-state index contributed by atoms with van der Waals surface area (Å²) in [5.41, 5.74) is 1.95. The average molecular weight is 297 g/mol. The molecule has 100 valence electrons. The average Bonchev–Trinajstić information content (AvgIpc) is 2.46. The third-order valence-electron chi connectivity index (χ3n) is 2.72. The summed E-state index contributed by atoms with van der Waals surface area (Å²) in [7, 11) is 1.61. The van der Waals surface area contributed by atoms with Crippen LogP contribution in [-0.4, -0.2) is 7.11 Å². The van der Waals surface area contributed by atoms with E-state index in [4.69, 9.17) is 32.7 Å². The lowest BCUT2D eigenvalue weighted by Crippen LogP contribution is -2.00. The molecule has 0 N–H and O–H groups in total. The van der Waals surface area contributed by atoms with Gasteiger partial charge in [-0.2, -0.15) is 0 Å². The van der Waals surface area contributed by atoms with Crippen LogP contribution in [-0.2, 0) is 12.5 Å². The van der Waals surface area contributed by atoms with Crippen molar-refractivity contribution in [2.45, 2.75) is 12.5 Å². The maximum Gasteiger partial charge on any atom is 0.166 e. The standard InChI is InChI=1S/C15H14Cl2O2/c1-18-14-4-2-3-12(9-16)15(14)19-10-11-5-7-13(17)8-6-11/h2-8H,9-10H2,1H3. The van der Waals surface area contributed by atoms with Gasteiger partial charge in [-0.1, -0.05) is 35.9 Å². The van der Waals surface area contributed by atoms with Gasteiger partial charge in [0.15, 0.2) is 11.5 Å². The summed E-state index contributed by atoms with van der Waals surface area (Å²) in [5, 5.41) is 0.711. The summed E-state index contributed by atoms with van der Waals surface area (Å²) in [4.78, 5) is 0. The smallest absolute Gasteiger partial charge is 0.166 e. The first-order valence-electron chi connectivity index (χ1n) is 5.83. The number of benzene rings is 2. The largest absolute Gasteiger partial charge is 0.493 e. The van der Waals surface area contributed by atoms with E-state index in [0.29, 0.717) is 29.0 Å². The van der Waals surface area contributed by atoms with Crippen LogP contribution in [0.2, 0.25) is 5.02 Å². The van der Waals surface area contributed by atoms with Gasteiger partial charge in [-0.25, -0.2) is 0 Å². The van der Waals surface area contributed by atoms with E-state index in [2.05, 4.69) is 0 Å². The monoisotopic (exact) mass is 296 g/mol. The van der Waals surface area contributed by atoms with E-state index in [9.17, 15) is 0 Å². The lowest BCUT2D eigenvalue weighted by molar-refractivity contribution is 0.282. The molecular formula is C15H14Cl2O2. The Hall–Kier alpha value is -1.38. The molecule has 2 aromatic rings. The van der Waals surface area contributed by atoms with Gasteiger partial charge in [0.2, 0.25) is 0 Å². The van der Waals surface area contributed by atoms with Crippen LogP contribution < -0.4 is 9.47 Å². The minimum Gasteiger partial charge on any atom is -0.493 e. The minimum absolute atomic E-state index is 0.382. The number of halogens is 2. The van der Waals surface area contributed by atoms with E-state index in [1.165, 1.54) is 0 Å². The van der Waals surface area contributed by atoms with Crippen LogP contribution in [0.4, 0.5) is 0 Å². The van der Waals surface area contributed by atoms with Crippen LogP contribution in [0.3, 0.4) is 0 Å². The minimum atomic E-state index is 0.382. The summed E-state index contributed by atoms with van der Waals surface area (Å²) >= 11 is 11.8. The maximum absolute atomic E-state index is 5.91. The SMILES string of the molecule is COc1cccc(CCl)c1OCc1ccc(Cl)cc1. The van der Waals surface area contributed by atoms with E-state index in [1.54, 1.807) is 7.11 Å². The molecule has 0 radical (unpaired) electrons. The molecule has 0 heterocycles. The summed E-state index contributed by atoms with van der Waals surface area (Å²) < 4.78 is 11.1. The number of ether oxygens (including phenoxy) is 2. The Labute approximate surface area is 122 Å². The van der Waals surface area contributed by atoms with Crippen molar-refractivity contribution < 1.29 is 9.47 Å². The van der Waals surface area contributed by atoms with Crippen molar-refractivity contribution in [3.05, 3.63) is 58.6 Å². The Morgan fingerprint density at radius 1 is 1.05 bits per heavy atom. The van der Waals surface area contributed by atoms with Crippen molar-refractivity contribution in [1.82, 2.24) is 0 Å². The van der Waals surface area contributed by atoms with Crippen LogP contribution in [0, 0.1) is 0 Å². The van der Waals surface area contributed by atoms with Gasteiger partial charge in [-0.3, -0.25) is 0 Å². The van der Waals surface area contributed by atoms with E-state index >= 15 is 0 Å². The molecule has 0 aliphatic rings. The quantitative estimate of drug-likeness (QED) is 0.747. The Kier molecular flexibility index (Phi) is 4.94. The number of alkyl halides is 1. The summed E-state index contributed by atoms with van der Waals surface area (Å²) in [6.45, 7) is 0.446. The third-order valence-corrected chi connectivity index (χ3v) is 3.26. The molecule has 0 fully saturated rings. The zero-order chi connectivity index (χ0) is 13.7. The normalized spacial score (nSPS) is 10.3. The first-order valence-corrected chi connectivity index (χ1v) is 6.75. The van der Waals surface area contributed by atoms with Gasteiger partial charge in [-0.15, -0.1) is 11.6 Å². The molecule has 0 aromatic heterocycles. The maximum atomic E-state index is 5.91. The van der Waals surface area contributed by atoms with Crippen LogP contribution >= 0.6 is 23.2 Å². The molecule has 19 heavy (non-hydrogen) atoms. The van der Waals surface area contributed by atoms with E-state index in [1.807, 2.05) is 42.5 Å². The van der Waals surface area contributed by atoms with Gasteiger partial charge in [0.05, 0.1) is 13.0 Å². The van der Waals surface area contributed by atoms with Crippen molar-refractivity contribution in [2.75, 3.05) is 7.11 Å². The van der Waals surface area contributed by atoms with Crippen molar-refractivity contribution in [3.8, 4) is 11.5 Å². The Balaban J connectivity index is 2.16. The molecule has 0 saturated heterocycles. The van der Waals surface area contributed by atoms with Crippen LogP contribution in [0.25, 0.3) is 0 Å². The zero-order valence-corrected chi connectivity index (χ0v) is 12.0. The Morgan fingerprint density at radius 3 is 2.42 bits per heavy atom. The summed E-state index contributed by atoms with van der Waals surface area (Å²) in [6.07, 6.45) is 0. The first-order chi connectivity index (χ1) is 9.24. The molecule has 0 aliphatic carbocycles. The van der Waals surface area contributed by atoms with Crippen LogP contribution in [0.5, 0.6) is 11.5 Å². The first kappa shape index (κ1) is 14.0. The topological polar surface area (TPSA) is 18.5 Å². The molecule has 2 aromatic carbocycles. The molecule has 0 bridgehead atoms. The molecule has 0 atom stereocenters. The van der Waals surface area contributed by atoms with Gasteiger partial charge in [-0.05, 0) is 23.8 Å². The predicted octanol–water partition coefficient (Wildman–Crippen LogP) is 4.67. The molecule has 0 unspecified atom stereocenters. The van der Waals surface area contributed by atoms with Gasteiger partial charge in [0.25, 0.3) is 0 Å². The number of hydrogen-bond donors (Lipinski definition) is 0. The Bertz CT molecular complexity index is 516. The van der Waals surface area contributed by atoms with Crippen molar-refractivity contribution in [1.29, 1.82) is 0 Å². The number of para-hydroxylation sites is 1. The predicted molar refractivity (Wildman–Crippen MR) is 78.3 cm³/mol. The van der Waals surface area contributed by atoms with Crippen molar-refractivity contribution in [3.63, 3.8) is 0 Å². The van der Waals surface area contributed by atoms with Gasteiger partial charge in [0.1, 0.15) is 6.61 Å².